The predicted octanol–water partition coefficient (Wildman–Crippen LogP) is 1.99. The van der Waals surface area contributed by atoms with Crippen LogP contribution in [0.3, 0.4) is 0 Å². The van der Waals surface area contributed by atoms with Gasteiger partial charge in [-0.05, 0) is 17.7 Å². The van der Waals surface area contributed by atoms with Crippen molar-refractivity contribution in [3.63, 3.8) is 0 Å². The van der Waals surface area contributed by atoms with Crippen LogP contribution in [0.2, 0.25) is 0 Å². The summed E-state index contributed by atoms with van der Waals surface area (Å²) in [4.78, 5) is 17.1. The zero-order valence-electron chi connectivity index (χ0n) is 16.8. The van der Waals surface area contributed by atoms with Crippen LogP contribution >= 0.6 is 0 Å². The number of rotatable bonds is 8. The van der Waals surface area contributed by atoms with E-state index >= 15 is 0 Å². The van der Waals surface area contributed by atoms with Crippen molar-refractivity contribution in [3.05, 3.63) is 66.1 Å². The summed E-state index contributed by atoms with van der Waals surface area (Å²) in [6, 6.07) is 14.8. The molecule has 0 fully saturated rings. The third kappa shape index (κ3) is 5.02. The highest BCUT2D eigenvalue weighted by molar-refractivity contribution is 7.88. The smallest absolute Gasteiger partial charge is 0.246 e. The summed E-state index contributed by atoms with van der Waals surface area (Å²) in [5, 5.41) is 6.59. The maximum absolute atomic E-state index is 12.8. The molecule has 1 aromatic heterocycles. The topological polar surface area (TPSA) is 115 Å². The van der Waals surface area contributed by atoms with E-state index in [1.54, 1.807) is 55.6 Å². The van der Waals surface area contributed by atoms with Crippen LogP contribution in [-0.2, 0) is 21.4 Å². The third-order valence-electron chi connectivity index (χ3n) is 4.46. The lowest BCUT2D eigenvalue weighted by atomic mass is 10.1. The molecule has 3 aromatic rings. The molecular formula is C20H22N4O5S. The molecule has 0 bridgehead atoms. The fraction of sp³-hybridized carbons (Fsp3) is 0.250. The van der Waals surface area contributed by atoms with Crippen LogP contribution in [0.4, 0.5) is 0 Å². The number of ether oxygens (including phenoxy) is 1. The van der Waals surface area contributed by atoms with Gasteiger partial charge < -0.3 is 14.6 Å². The molecule has 0 spiro atoms. The summed E-state index contributed by atoms with van der Waals surface area (Å²) in [5.41, 5.74) is 1.25. The van der Waals surface area contributed by atoms with E-state index in [1.807, 2.05) is 6.07 Å². The maximum atomic E-state index is 12.8. The predicted molar refractivity (Wildman–Crippen MR) is 110 cm³/mol. The number of aromatic nitrogens is 2. The Morgan fingerprint density at radius 1 is 1.20 bits per heavy atom. The molecule has 1 atom stereocenters. The van der Waals surface area contributed by atoms with Crippen molar-refractivity contribution in [2.45, 2.75) is 12.6 Å². The lowest BCUT2D eigenvalue weighted by Gasteiger charge is -2.25. The van der Waals surface area contributed by atoms with Crippen molar-refractivity contribution in [3.8, 4) is 17.1 Å². The number of benzene rings is 2. The van der Waals surface area contributed by atoms with E-state index in [1.165, 1.54) is 7.05 Å². The molecule has 0 radical (unpaired) electrons. The molecule has 0 aliphatic heterocycles. The first-order valence-corrected chi connectivity index (χ1v) is 10.9. The molecule has 1 N–H and O–H groups in total. The second-order valence-corrected chi connectivity index (χ2v) is 8.60. The molecule has 3 rings (SSSR count). The zero-order valence-corrected chi connectivity index (χ0v) is 17.6. The first kappa shape index (κ1) is 21.5. The molecule has 0 saturated carbocycles. The Morgan fingerprint density at radius 3 is 2.60 bits per heavy atom. The molecule has 1 heterocycles. The van der Waals surface area contributed by atoms with Crippen LogP contribution in [0, 0.1) is 0 Å². The zero-order chi connectivity index (χ0) is 21.7. The van der Waals surface area contributed by atoms with E-state index in [2.05, 4.69) is 15.5 Å². The Hall–Kier alpha value is -3.24. The van der Waals surface area contributed by atoms with Crippen molar-refractivity contribution < 1.29 is 22.5 Å². The lowest BCUT2D eigenvalue weighted by molar-refractivity contribution is -0.125. The average Bonchev–Trinajstić information content (AvgIpc) is 3.22. The van der Waals surface area contributed by atoms with Gasteiger partial charge in [-0.1, -0.05) is 47.6 Å². The van der Waals surface area contributed by atoms with Crippen molar-refractivity contribution in [1.29, 1.82) is 0 Å². The Bertz CT molecular complexity index is 1110. The summed E-state index contributed by atoms with van der Waals surface area (Å²) in [6.45, 7) is -0.0449. The Morgan fingerprint density at radius 2 is 1.93 bits per heavy atom. The van der Waals surface area contributed by atoms with Crippen LogP contribution < -0.4 is 10.1 Å². The number of nitrogens with zero attached hydrogens (tertiary/aromatic N) is 3. The highest BCUT2D eigenvalue weighted by atomic mass is 32.2. The molecule has 9 nitrogen and oxygen atoms in total. The number of carbonyl (C=O) groups is 1. The van der Waals surface area contributed by atoms with Crippen LogP contribution in [0.5, 0.6) is 5.75 Å². The van der Waals surface area contributed by atoms with Gasteiger partial charge in [0.05, 0.1) is 19.9 Å². The van der Waals surface area contributed by atoms with Crippen molar-refractivity contribution in [2.24, 2.45) is 0 Å². The summed E-state index contributed by atoms with van der Waals surface area (Å²) < 4.78 is 35.5. The quantitative estimate of drug-likeness (QED) is 0.581. The number of sulfonamides is 1. The van der Waals surface area contributed by atoms with E-state index in [9.17, 15) is 13.2 Å². The van der Waals surface area contributed by atoms with Gasteiger partial charge in [0.25, 0.3) is 0 Å². The first-order valence-electron chi connectivity index (χ1n) is 9.02. The summed E-state index contributed by atoms with van der Waals surface area (Å²) in [5.74, 6) is 0.693. The lowest BCUT2D eigenvalue weighted by Crippen LogP contribution is -2.41. The van der Waals surface area contributed by atoms with Gasteiger partial charge in [0.15, 0.2) is 0 Å². The number of amides is 1. The Labute approximate surface area is 174 Å². The minimum atomic E-state index is -3.61. The molecule has 0 saturated heterocycles. The molecule has 2 aromatic carbocycles. The number of hydrogen-bond donors (Lipinski definition) is 1. The molecule has 10 heteroatoms. The highest BCUT2D eigenvalue weighted by Crippen LogP contribution is 2.23. The minimum absolute atomic E-state index is 0.0449. The van der Waals surface area contributed by atoms with Gasteiger partial charge in [0.2, 0.25) is 27.6 Å². The minimum Gasteiger partial charge on any atom is -0.497 e. The van der Waals surface area contributed by atoms with E-state index in [-0.39, 0.29) is 12.4 Å². The van der Waals surface area contributed by atoms with Gasteiger partial charge in [-0.3, -0.25) is 4.79 Å². The van der Waals surface area contributed by atoms with E-state index in [0.717, 1.165) is 10.6 Å². The highest BCUT2D eigenvalue weighted by Gasteiger charge is 2.30. The van der Waals surface area contributed by atoms with E-state index < -0.39 is 22.0 Å². The fourth-order valence-corrected chi connectivity index (χ4v) is 3.42. The molecule has 0 unspecified atom stereocenters. The molecule has 0 aliphatic rings. The molecule has 30 heavy (non-hydrogen) atoms. The number of hydrogen-bond acceptors (Lipinski definition) is 7. The average molecular weight is 430 g/mol. The monoisotopic (exact) mass is 430 g/mol. The van der Waals surface area contributed by atoms with E-state index in [4.69, 9.17) is 9.26 Å². The standard InChI is InChI=1S/C20H22N4O5S/c1-24(30(3,26)27)18(14-8-5-4-6-9-14)20(25)21-13-17-22-19(23-29-17)15-10-7-11-16(12-15)28-2/h4-12,18H,13H2,1-3H3,(H,21,25)/t18-/m0/s1. The van der Waals surface area contributed by atoms with Gasteiger partial charge in [-0.2, -0.15) is 9.29 Å². The SMILES string of the molecule is COc1cccc(-c2noc(CNC(=O)[C@H](c3ccccc3)N(C)S(C)(=O)=O)n2)c1. The second-order valence-electron chi connectivity index (χ2n) is 6.55. The Kier molecular flexibility index (Phi) is 6.48. The molecular weight excluding hydrogens is 408 g/mol. The largest absolute Gasteiger partial charge is 0.497 e. The third-order valence-corrected chi connectivity index (χ3v) is 5.72. The van der Waals surface area contributed by atoms with Crippen molar-refractivity contribution >= 4 is 15.9 Å². The van der Waals surface area contributed by atoms with Crippen molar-refractivity contribution in [2.75, 3.05) is 20.4 Å². The number of likely N-dealkylation sites (N-methyl/N-ethyl adjacent to an activating group) is 1. The van der Waals surface area contributed by atoms with Crippen molar-refractivity contribution in [1.82, 2.24) is 19.8 Å². The number of nitrogens with one attached hydrogen (secondary N) is 1. The summed E-state index contributed by atoms with van der Waals surface area (Å²) in [7, 11) is -0.684. The van der Waals surface area contributed by atoms with E-state index in [0.29, 0.717) is 22.7 Å². The summed E-state index contributed by atoms with van der Waals surface area (Å²) >= 11 is 0. The fourth-order valence-electron chi connectivity index (χ4n) is 2.82. The summed E-state index contributed by atoms with van der Waals surface area (Å²) in [6.07, 6.45) is 1.05. The van der Waals surface area contributed by atoms with Crippen LogP contribution in [0.15, 0.2) is 59.1 Å². The van der Waals surface area contributed by atoms with Gasteiger partial charge >= 0.3 is 0 Å². The normalized spacial score (nSPS) is 12.5. The van der Waals surface area contributed by atoms with Gasteiger partial charge in [-0.25, -0.2) is 8.42 Å². The number of methoxy groups -OCH3 is 1. The Balaban J connectivity index is 1.75. The first-order chi connectivity index (χ1) is 14.3. The molecule has 0 aliphatic carbocycles. The van der Waals surface area contributed by atoms with Gasteiger partial charge in [-0.15, -0.1) is 0 Å². The van der Waals surface area contributed by atoms with Crippen LogP contribution in [-0.4, -0.2) is 49.2 Å². The maximum Gasteiger partial charge on any atom is 0.246 e. The van der Waals surface area contributed by atoms with Crippen LogP contribution in [0.25, 0.3) is 11.4 Å². The number of carbonyl (C=O) groups excluding carboxylic acids is 1. The molecule has 1 amide bonds. The van der Waals surface area contributed by atoms with Gasteiger partial charge in [0, 0.05) is 12.6 Å². The second kappa shape index (κ2) is 9.06. The van der Waals surface area contributed by atoms with Gasteiger partial charge in [0.1, 0.15) is 11.8 Å². The van der Waals surface area contributed by atoms with Crippen LogP contribution in [0.1, 0.15) is 17.5 Å². The molecule has 158 valence electrons.